The van der Waals surface area contributed by atoms with Crippen molar-refractivity contribution >= 4 is 32.9 Å². The Morgan fingerprint density at radius 2 is 1.61 bits per heavy atom. The summed E-state index contributed by atoms with van der Waals surface area (Å²) in [6.07, 6.45) is 4.91. The van der Waals surface area contributed by atoms with Gasteiger partial charge in [-0.2, -0.15) is 0 Å². The maximum atomic E-state index is 13.6. The molecule has 0 bridgehead atoms. The average Bonchev–Trinajstić information content (AvgIpc) is 3.24. The van der Waals surface area contributed by atoms with E-state index in [0.29, 0.717) is 18.6 Å². The molecule has 0 amide bonds. The first-order valence-electron chi connectivity index (χ1n) is 11.6. The summed E-state index contributed by atoms with van der Waals surface area (Å²) in [5, 5.41) is 9.03. The molecule has 3 nitrogen and oxygen atoms in total. The predicted octanol–water partition coefficient (Wildman–Crippen LogP) is 8.17. The van der Waals surface area contributed by atoms with E-state index >= 15 is 0 Å². The van der Waals surface area contributed by atoms with Gasteiger partial charge >= 0.3 is 0 Å². The van der Waals surface area contributed by atoms with E-state index in [2.05, 4.69) is 25.1 Å². The van der Waals surface area contributed by atoms with Gasteiger partial charge in [0.25, 0.3) is 0 Å². The van der Waals surface area contributed by atoms with Crippen molar-refractivity contribution in [1.82, 2.24) is 0 Å². The molecule has 4 rings (SSSR count). The Balaban J connectivity index is 1.49. The van der Waals surface area contributed by atoms with E-state index in [1.165, 1.54) is 12.8 Å². The molecule has 1 heterocycles. The summed E-state index contributed by atoms with van der Waals surface area (Å²) in [6, 6.07) is 25.6. The van der Waals surface area contributed by atoms with Crippen LogP contribution in [0.1, 0.15) is 54.9 Å². The highest BCUT2D eigenvalue weighted by Crippen LogP contribution is 2.39. The molecule has 4 heteroatoms. The van der Waals surface area contributed by atoms with Crippen molar-refractivity contribution in [2.75, 3.05) is 6.61 Å². The summed E-state index contributed by atoms with van der Waals surface area (Å²) in [4.78, 5) is 14.6. The van der Waals surface area contributed by atoms with Crippen LogP contribution in [-0.2, 0) is 0 Å². The van der Waals surface area contributed by atoms with Crippen LogP contribution in [0.4, 0.5) is 0 Å². The van der Waals surface area contributed by atoms with Gasteiger partial charge in [0.1, 0.15) is 5.75 Å². The van der Waals surface area contributed by atoms with Gasteiger partial charge in [-0.05, 0) is 48.7 Å². The van der Waals surface area contributed by atoms with Crippen molar-refractivity contribution in [1.29, 1.82) is 5.41 Å². The molecule has 0 radical (unpaired) electrons. The van der Waals surface area contributed by atoms with Crippen LogP contribution in [0.25, 0.3) is 20.5 Å². The third kappa shape index (κ3) is 5.58. The van der Waals surface area contributed by atoms with E-state index in [9.17, 15) is 4.79 Å². The highest BCUT2D eigenvalue weighted by molar-refractivity contribution is 7.22. The van der Waals surface area contributed by atoms with Crippen molar-refractivity contribution in [2.24, 2.45) is 0 Å². The lowest BCUT2D eigenvalue weighted by atomic mass is 9.97. The Bertz CT molecular complexity index is 1230. The molecule has 1 aromatic heterocycles. The minimum atomic E-state index is 0.0237. The molecule has 0 unspecified atom stereocenters. The number of carbonyl (C=O) groups excluding carboxylic acids is 1. The second-order valence-electron chi connectivity index (χ2n) is 8.18. The molecule has 168 valence electrons. The lowest BCUT2D eigenvalue weighted by Gasteiger charge is -2.09. The molecule has 0 aliphatic heterocycles. The third-order valence-corrected chi connectivity index (χ3v) is 6.95. The molecule has 4 aromatic rings. The first-order valence-corrected chi connectivity index (χ1v) is 12.4. The van der Waals surface area contributed by atoms with Crippen LogP contribution in [0.15, 0.2) is 78.9 Å². The van der Waals surface area contributed by atoms with E-state index in [1.54, 1.807) is 11.3 Å². The Labute approximate surface area is 199 Å². The molecule has 0 saturated heterocycles. The number of ketones is 1. The van der Waals surface area contributed by atoms with Crippen LogP contribution in [0.2, 0.25) is 0 Å². The molecule has 0 atom stereocenters. The van der Waals surface area contributed by atoms with Gasteiger partial charge in [-0.25, -0.2) is 0 Å². The van der Waals surface area contributed by atoms with Gasteiger partial charge in [0, 0.05) is 38.2 Å². The van der Waals surface area contributed by atoms with Crippen molar-refractivity contribution in [2.45, 2.75) is 39.0 Å². The maximum absolute atomic E-state index is 13.6. The average molecular weight is 456 g/mol. The van der Waals surface area contributed by atoms with Crippen LogP contribution in [0, 0.1) is 5.41 Å². The van der Waals surface area contributed by atoms with E-state index in [0.717, 1.165) is 50.4 Å². The standard InChI is InChI=1S/C29H29NO2S/c1-2-3-5-12-23(30)19-20-32-24-17-15-21(16-18-24)28(31)27-25-13-8-9-14-26(25)33-29(27)22-10-6-4-7-11-22/h4,6-11,13-18,30H,2-3,5,12,19-20H2,1H3. The second-order valence-corrected chi connectivity index (χ2v) is 9.23. The topological polar surface area (TPSA) is 50.1 Å². The van der Waals surface area contributed by atoms with E-state index in [4.69, 9.17) is 10.1 Å². The fourth-order valence-corrected chi connectivity index (χ4v) is 5.12. The quantitative estimate of drug-likeness (QED) is 0.141. The SMILES string of the molecule is CCCCCC(=N)CCOc1ccc(C(=O)c2c(-c3ccccc3)sc3ccccc23)cc1. The fourth-order valence-electron chi connectivity index (χ4n) is 3.92. The number of carbonyl (C=O) groups is 1. The molecule has 0 aliphatic carbocycles. The van der Waals surface area contributed by atoms with Crippen molar-refractivity contribution in [3.05, 3.63) is 90.0 Å². The number of rotatable bonds is 11. The summed E-state index contributed by atoms with van der Waals surface area (Å²) in [7, 11) is 0. The monoisotopic (exact) mass is 455 g/mol. The molecule has 0 spiro atoms. The Morgan fingerprint density at radius 1 is 0.879 bits per heavy atom. The van der Waals surface area contributed by atoms with Crippen LogP contribution in [-0.4, -0.2) is 18.1 Å². The van der Waals surface area contributed by atoms with Crippen LogP contribution in [0.5, 0.6) is 5.75 Å². The number of ether oxygens (including phenoxy) is 1. The molecule has 33 heavy (non-hydrogen) atoms. The highest BCUT2D eigenvalue weighted by atomic mass is 32.1. The van der Waals surface area contributed by atoms with Crippen molar-refractivity contribution in [3.63, 3.8) is 0 Å². The fraction of sp³-hybridized carbons (Fsp3) is 0.241. The Morgan fingerprint density at radius 3 is 2.36 bits per heavy atom. The van der Waals surface area contributed by atoms with E-state index in [1.807, 2.05) is 60.7 Å². The second kappa shape index (κ2) is 11.1. The molecular weight excluding hydrogens is 426 g/mol. The van der Waals surface area contributed by atoms with Crippen LogP contribution < -0.4 is 4.74 Å². The van der Waals surface area contributed by atoms with Gasteiger partial charge in [-0.1, -0.05) is 68.3 Å². The predicted molar refractivity (Wildman–Crippen MR) is 139 cm³/mol. The summed E-state index contributed by atoms with van der Waals surface area (Å²) in [5.74, 6) is 0.752. The van der Waals surface area contributed by atoms with Gasteiger partial charge in [0.15, 0.2) is 5.78 Å². The molecule has 1 N–H and O–H groups in total. The molecule has 0 saturated carbocycles. The first kappa shape index (κ1) is 22.9. The number of nitrogens with one attached hydrogen (secondary N) is 1. The molecule has 0 aliphatic rings. The van der Waals surface area contributed by atoms with Crippen LogP contribution in [0.3, 0.4) is 0 Å². The first-order chi connectivity index (χ1) is 16.2. The molecular formula is C29H29NO2S. The van der Waals surface area contributed by atoms with Gasteiger partial charge in [0.05, 0.1) is 6.61 Å². The van der Waals surface area contributed by atoms with Gasteiger partial charge in [0.2, 0.25) is 0 Å². The third-order valence-electron chi connectivity index (χ3n) is 5.73. The number of unbranched alkanes of at least 4 members (excludes halogenated alkanes) is 2. The van der Waals surface area contributed by atoms with Gasteiger partial charge < -0.3 is 10.1 Å². The van der Waals surface area contributed by atoms with Crippen LogP contribution >= 0.6 is 11.3 Å². The summed E-state index contributed by atoms with van der Waals surface area (Å²) in [5.41, 5.74) is 3.21. The van der Waals surface area contributed by atoms with E-state index in [-0.39, 0.29) is 5.78 Å². The summed E-state index contributed by atoms with van der Waals surface area (Å²) < 4.78 is 6.93. The minimum absolute atomic E-state index is 0.0237. The van der Waals surface area contributed by atoms with Gasteiger partial charge in [-0.3, -0.25) is 4.79 Å². The Hall–Kier alpha value is -3.24. The zero-order valence-electron chi connectivity index (χ0n) is 19.0. The summed E-state index contributed by atoms with van der Waals surface area (Å²) >= 11 is 1.66. The number of benzene rings is 3. The normalized spacial score (nSPS) is 10.9. The largest absolute Gasteiger partial charge is 0.493 e. The Kier molecular flexibility index (Phi) is 7.69. The maximum Gasteiger partial charge on any atom is 0.195 e. The van der Waals surface area contributed by atoms with Crippen molar-refractivity contribution < 1.29 is 9.53 Å². The lowest BCUT2D eigenvalue weighted by molar-refractivity contribution is 0.104. The minimum Gasteiger partial charge on any atom is -0.493 e. The number of hydrogen-bond donors (Lipinski definition) is 1. The molecule has 3 aromatic carbocycles. The van der Waals surface area contributed by atoms with E-state index < -0.39 is 0 Å². The zero-order valence-corrected chi connectivity index (χ0v) is 19.8. The lowest BCUT2D eigenvalue weighted by Crippen LogP contribution is -2.06. The van der Waals surface area contributed by atoms with Crippen molar-refractivity contribution in [3.8, 4) is 16.2 Å². The van der Waals surface area contributed by atoms with Gasteiger partial charge in [-0.15, -0.1) is 11.3 Å². The molecule has 0 fully saturated rings. The highest BCUT2D eigenvalue weighted by Gasteiger charge is 2.21. The number of thiophene rings is 1. The number of fused-ring (bicyclic) bond motifs is 1. The summed E-state index contributed by atoms with van der Waals surface area (Å²) in [6.45, 7) is 2.66. The zero-order chi connectivity index (χ0) is 23.0. The smallest absolute Gasteiger partial charge is 0.195 e. The number of hydrogen-bond acceptors (Lipinski definition) is 4.